The van der Waals surface area contributed by atoms with Gasteiger partial charge >= 0.3 is 19.8 Å². The van der Waals surface area contributed by atoms with Crippen molar-refractivity contribution in [2.45, 2.75) is 213 Å². The van der Waals surface area contributed by atoms with Crippen molar-refractivity contribution in [1.29, 1.82) is 0 Å². The van der Waals surface area contributed by atoms with E-state index >= 15 is 0 Å². The van der Waals surface area contributed by atoms with Gasteiger partial charge in [0.15, 0.2) is 6.10 Å². The monoisotopic (exact) mass is 703 g/mol. The van der Waals surface area contributed by atoms with E-state index < -0.39 is 32.5 Å². The van der Waals surface area contributed by atoms with E-state index in [9.17, 15) is 14.2 Å². The molecule has 0 aliphatic carbocycles. The normalized spacial score (nSPS) is 12.5. The zero-order chi connectivity index (χ0) is 35.4. The smallest absolute Gasteiger partial charge is 0.462 e. The van der Waals surface area contributed by atoms with Crippen LogP contribution in [0.4, 0.5) is 0 Å². The van der Waals surface area contributed by atoms with Crippen LogP contribution in [0.1, 0.15) is 206 Å². The molecule has 9 heteroatoms. The van der Waals surface area contributed by atoms with Crippen LogP contribution in [-0.2, 0) is 28.2 Å². The molecule has 0 radical (unpaired) electrons. The number of hydrogen-bond acceptors (Lipinski definition) is 6. The van der Waals surface area contributed by atoms with Crippen molar-refractivity contribution in [3.63, 3.8) is 0 Å². The lowest BCUT2D eigenvalue weighted by Gasteiger charge is -2.18. The molecule has 0 saturated heterocycles. The van der Waals surface area contributed by atoms with Crippen LogP contribution in [0.15, 0.2) is 12.2 Å². The highest BCUT2D eigenvalue weighted by Crippen LogP contribution is 2.36. The molecule has 1 atom stereocenters. The van der Waals surface area contributed by atoms with Crippen molar-refractivity contribution in [2.24, 2.45) is 0 Å². The molecule has 0 aliphatic rings. The summed E-state index contributed by atoms with van der Waals surface area (Å²) in [6.07, 6.45) is 38.0. The summed E-state index contributed by atoms with van der Waals surface area (Å²) in [4.78, 5) is 42.7. The molecule has 2 N–H and O–H groups in total. The van der Waals surface area contributed by atoms with E-state index in [0.29, 0.717) is 6.42 Å². The number of allylic oxidation sites excluding steroid dienone is 2. The molecule has 0 rings (SSSR count). The van der Waals surface area contributed by atoms with Crippen LogP contribution in [0.5, 0.6) is 0 Å². The molecule has 284 valence electrons. The van der Waals surface area contributed by atoms with Gasteiger partial charge in [0, 0.05) is 12.8 Å². The van der Waals surface area contributed by atoms with E-state index in [1.54, 1.807) is 0 Å². The van der Waals surface area contributed by atoms with Gasteiger partial charge in [-0.3, -0.25) is 14.1 Å². The molecule has 0 amide bonds. The Balaban J connectivity index is 3.85. The number of carbonyl (C=O) groups excluding carboxylic acids is 2. The molecule has 0 saturated carbocycles. The van der Waals surface area contributed by atoms with E-state index in [2.05, 4.69) is 30.5 Å². The van der Waals surface area contributed by atoms with Crippen LogP contribution in [0, 0.1) is 0 Å². The van der Waals surface area contributed by atoms with Crippen molar-refractivity contribution >= 4 is 19.8 Å². The predicted molar refractivity (Wildman–Crippen MR) is 198 cm³/mol. The number of ether oxygens (including phenoxy) is 2. The standard InChI is InChI=1S/C39H75O8P/c1-3-5-7-9-11-13-15-16-17-18-19-20-21-22-24-25-27-29-31-33-38(40)45-35-37(36-46-48(42,43)44)47-39(41)34-32-30-28-26-23-14-12-10-8-6-4-2/h10,12,37H,3-9,11,13-36H2,1-2H3,(H2,42,43,44)/b12-10-/t37-/m1/s1. The fraction of sp³-hybridized carbons (Fsp3) is 0.897. The average Bonchev–Trinajstić information content (AvgIpc) is 3.05. The van der Waals surface area contributed by atoms with E-state index in [-0.39, 0.29) is 19.4 Å². The summed E-state index contributed by atoms with van der Waals surface area (Å²) >= 11 is 0. The van der Waals surface area contributed by atoms with Crippen molar-refractivity contribution in [3.8, 4) is 0 Å². The van der Waals surface area contributed by atoms with Crippen LogP contribution in [0.3, 0.4) is 0 Å². The molecule has 0 heterocycles. The average molecular weight is 703 g/mol. The first-order chi connectivity index (χ1) is 23.3. The molecule has 0 fully saturated rings. The maximum absolute atomic E-state index is 12.3. The summed E-state index contributed by atoms with van der Waals surface area (Å²) in [6, 6.07) is 0. The number of phosphoric ester groups is 1. The Labute approximate surface area is 295 Å². The van der Waals surface area contributed by atoms with E-state index in [0.717, 1.165) is 57.8 Å². The van der Waals surface area contributed by atoms with E-state index in [4.69, 9.17) is 19.3 Å². The van der Waals surface area contributed by atoms with Gasteiger partial charge in [0.05, 0.1) is 6.61 Å². The third-order valence-electron chi connectivity index (χ3n) is 8.78. The van der Waals surface area contributed by atoms with Gasteiger partial charge in [-0.2, -0.15) is 0 Å². The summed E-state index contributed by atoms with van der Waals surface area (Å²) in [5.41, 5.74) is 0. The Morgan fingerprint density at radius 1 is 0.521 bits per heavy atom. The van der Waals surface area contributed by atoms with Crippen LogP contribution in [0.2, 0.25) is 0 Å². The highest BCUT2D eigenvalue weighted by Gasteiger charge is 2.22. The topological polar surface area (TPSA) is 119 Å². The quantitative estimate of drug-likeness (QED) is 0.0284. The molecule has 48 heavy (non-hydrogen) atoms. The molecular formula is C39H75O8P. The minimum atomic E-state index is -4.75. The van der Waals surface area contributed by atoms with Gasteiger partial charge in [0.1, 0.15) is 6.61 Å². The van der Waals surface area contributed by atoms with Crippen LogP contribution < -0.4 is 0 Å². The summed E-state index contributed by atoms with van der Waals surface area (Å²) in [5.74, 6) is -0.887. The summed E-state index contributed by atoms with van der Waals surface area (Å²) in [6.45, 7) is 3.65. The van der Waals surface area contributed by atoms with Gasteiger partial charge in [0.2, 0.25) is 0 Å². The van der Waals surface area contributed by atoms with E-state index in [1.807, 2.05) is 0 Å². The number of carbonyl (C=O) groups is 2. The minimum absolute atomic E-state index is 0.205. The van der Waals surface area contributed by atoms with Crippen molar-refractivity contribution in [3.05, 3.63) is 12.2 Å². The number of rotatable bonds is 37. The van der Waals surface area contributed by atoms with Gasteiger partial charge in [-0.05, 0) is 32.1 Å². The highest BCUT2D eigenvalue weighted by atomic mass is 31.2. The lowest BCUT2D eigenvalue weighted by Crippen LogP contribution is -2.29. The fourth-order valence-electron chi connectivity index (χ4n) is 5.77. The number of esters is 2. The van der Waals surface area contributed by atoms with Gasteiger partial charge < -0.3 is 19.3 Å². The molecular weight excluding hydrogens is 627 g/mol. The first-order valence-corrected chi connectivity index (χ1v) is 21.5. The molecule has 0 spiro atoms. The van der Waals surface area contributed by atoms with Crippen LogP contribution in [-0.4, -0.2) is 41.0 Å². The molecule has 0 unspecified atom stereocenters. The Morgan fingerprint density at radius 2 is 0.896 bits per heavy atom. The van der Waals surface area contributed by atoms with Crippen molar-refractivity contribution in [1.82, 2.24) is 0 Å². The first-order valence-electron chi connectivity index (χ1n) is 20.0. The van der Waals surface area contributed by atoms with Crippen molar-refractivity contribution in [2.75, 3.05) is 13.2 Å². The molecule has 0 aromatic heterocycles. The predicted octanol–water partition coefficient (Wildman–Crippen LogP) is 11.8. The lowest BCUT2D eigenvalue weighted by atomic mass is 10.0. The number of phosphoric acid groups is 1. The van der Waals surface area contributed by atoms with Gasteiger partial charge in [-0.1, -0.05) is 174 Å². The zero-order valence-corrected chi connectivity index (χ0v) is 32.0. The fourth-order valence-corrected chi connectivity index (χ4v) is 6.13. The second-order valence-corrected chi connectivity index (χ2v) is 14.9. The largest absolute Gasteiger partial charge is 0.469 e. The van der Waals surface area contributed by atoms with Crippen LogP contribution >= 0.6 is 7.82 Å². The van der Waals surface area contributed by atoms with Gasteiger partial charge in [-0.15, -0.1) is 0 Å². The molecule has 0 aromatic rings. The summed E-state index contributed by atoms with van der Waals surface area (Å²) < 4.78 is 26.3. The highest BCUT2D eigenvalue weighted by molar-refractivity contribution is 7.46. The van der Waals surface area contributed by atoms with Crippen molar-refractivity contribution < 1.29 is 37.9 Å². The molecule has 0 bridgehead atoms. The first kappa shape index (κ1) is 46.8. The maximum atomic E-state index is 12.3. The minimum Gasteiger partial charge on any atom is -0.462 e. The number of unbranched alkanes of at least 4 members (excludes halogenated alkanes) is 25. The third kappa shape index (κ3) is 37.6. The maximum Gasteiger partial charge on any atom is 0.469 e. The molecule has 8 nitrogen and oxygen atoms in total. The second kappa shape index (κ2) is 35.6. The Morgan fingerprint density at radius 3 is 1.33 bits per heavy atom. The van der Waals surface area contributed by atoms with Gasteiger partial charge in [0.25, 0.3) is 0 Å². The Bertz CT molecular complexity index is 797. The third-order valence-corrected chi connectivity index (χ3v) is 9.27. The summed E-state index contributed by atoms with van der Waals surface area (Å²) in [7, 11) is -4.75. The summed E-state index contributed by atoms with van der Waals surface area (Å²) in [5, 5.41) is 0. The zero-order valence-electron chi connectivity index (χ0n) is 31.2. The van der Waals surface area contributed by atoms with E-state index in [1.165, 1.54) is 116 Å². The van der Waals surface area contributed by atoms with Gasteiger partial charge in [-0.25, -0.2) is 4.57 Å². The molecule has 0 aliphatic heterocycles. The number of hydrogen-bond donors (Lipinski definition) is 2. The second-order valence-electron chi connectivity index (χ2n) is 13.6. The Hall–Kier alpha value is -1.21. The molecule has 0 aromatic carbocycles. The lowest BCUT2D eigenvalue weighted by molar-refractivity contribution is -0.161. The Kier molecular flexibility index (Phi) is 34.7. The van der Waals surface area contributed by atoms with Crippen LogP contribution in [0.25, 0.3) is 0 Å². The SMILES string of the molecule is CCCC/C=C\CCCCCCCC(=O)O[C@H](COC(=O)CCCCCCCCCCCCCCCCCCCCC)COP(=O)(O)O.